The molecule has 3 saturated heterocycles. The summed E-state index contributed by atoms with van der Waals surface area (Å²) in [4.78, 5) is 13.5. The van der Waals surface area contributed by atoms with Crippen molar-refractivity contribution in [3.8, 4) is 17.1 Å². The van der Waals surface area contributed by atoms with E-state index in [1.807, 2.05) is 12.3 Å². The molecule has 2 bridgehead atoms. The van der Waals surface area contributed by atoms with Gasteiger partial charge in [0.2, 0.25) is 5.88 Å². The van der Waals surface area contributed by atoms with E-state index in [2.05, 4.69) is 58.0 Å². The molecule has 0 spiro atoms. The number of piperidine rings is 2. The lowest BCUT2D eigenvalue weighted by molar-refractivity contribution is 0.0601. The average Bonchev–Trinajstić information content (AvgIpc) is 3.33. The van der Waals surface area contributed by atoms with Crippen LogP contribution in [-0.4, -0.2) is 65.1 Å². The highest BCUT2D eigenvalue weighted by Crippen LogP contribution is 2.39. The summed E-state index contributed by atoms with van der Waals surface area (Å²) in [5.41, 5.74) is 6.47. The molecule has 0 aliphatic carbocycles. The minimum absolute atomic E-state index is 0.656. The maximum absolute atomic E-state index is 5.36. The van der Waals surface area contributed by atoms with Crippen LogP contribution in [-0.2, 0) is 6.42 Å². The quantitative estimate of drug-likeness (QED) is 0.540. The predicted octanol–water partition coefficient (Wildman–Crippen LogP) is 5.61. The van der Waals surface area contributed by atoms with Crippen LogP contribution in [0, 0.1) is 0 Å². The predicted molar refractivity (Wildman–Crippen MR) is 139 cm³/mol. The molecule has 0 saturated carbocycles. The van der Waals surface area contributed by atoms with Gasteiger partial charge in [0, 0.05) is 52.5 Å². The number of methoxy groups -OCH3 is 1. The zero-order valence-electron chi connectivity index (χ0n) is 20.9. The van der Waals surface area contributed by atoms with Crippen molar-refractivity contribution in [1.29, 1.82) is 0 Å². The highest BCUT2D eigenvalue weighted by molar-refractivity contribution is 5.91. The van der Waals surface area contributed by atoms with Gasteiger partial charge in [0.05, 0.1) is 7.11 Å². The van der Waals surface area contributed by atoms with Crippen molar-refractivity contribution in [1.82, 2.24) is 19.8 Å². The summed E-state index contributed by atoms with van der Waals surface area (Å²) in [7, 11) is 4.02. The summed E-state index contributed by atoms with van der Waals surface area (Å²) in [5, 5.41) is 1.38. The van der Waals surface area contributed by atoms with Crippen molar-refractivity contribution in [3.05, 3.63) is 47.7 Å². The zero-order chi connectivity index (χ0) is 23.2. The number of aryl methyl sites for hydroxylation is 1. The van der Waals surface area contributed by atoms with Crippen LogP contribution in [0.25, 0.3) is 22.2 Å². The number of likely N-dealkylation sites (tertiary alicyclic amines) is 1. The smallest absolute Gasteiger partial charge is 0.213 e. The first-order valence-electron chi connectivity index (χ1n) is 13.3. The van der Waals surface area contributed by atoms with E-state index < -0.39 is 0 Å². The summed E-state index contributed by atoms with van der Waals surface area (Å²) in [6, 6.07) is 13.7. The molecular weight excluding hydrogens is 420 g/mol. The van der Waals surface area contributed by atoms with Crippen LogP contribution >= 0.6 is 0 Å². The van der Waals surface area contributed by atoms with Gasteiger partial charge in [-0.25, -0.2) is 4.98 Å². The minimum Gasteiger partial charge on any atom is -0.481 e. The summed E-state index contributed by atoms with van der Waals surface area (Å²) in [5.74, 6) is 1.33. The van der Waals surface area contributed by atoms with Gasteiger partial charge in [-0.15, -0.1) is 0 Å². The number of hydrogen-bond acceptors (Lipinski definition) is 4. The highest BCUT2D eigenvalue weighted by Gasteiger charge is 2.41. The number of aromatic nitrogens is 2. The van der Waals surface area contributed by atoms with E-state index in [0.717, 1.165) is 30.1 Å². The molecule has 5 nitrogen and oxygen atoms in total. The highest BCUT2D eigenvalue weighted by atomic mass is 16.5. The van der Waals surface area contributed by atoms with Crippen LogP contribution in [0.15, 0.2) is 36.5 Å². The molecule has 0 unspecified atom stereocenters. The van der Waals surface area contributed by atoms with Crippen molar-refractivity contribution < 1.29 is 4.74 Å². The van der Waals surface area contributed by atoms with E-state index in [9.17, 15) is 0 Å². The van der Waals surface area contributed by atoms with Crippen LogP contribution in [0.1, 0.15) is 62.5 Å². The fourth-order valence-electron chi connectivity index (χ4n) is 7.09. The van der Waals surface area contributed by atoms with Gasteiger partial charge in [0.1, 0.15) is 0 Å². The number of hydrogen-bond donors (Lipinski definition) is 1. The summed E-state index contributed by atoms with van der Waals surface area (Å²) in [6.07, 6.45) is 11.0. The van der Waals surface area contributed by atoms with Gasteiger partial charge in [-0.05, 0) is 100 Å². The van der Waals surface area contributed by atoms with E-state index in [4.69, 9.17) is 4.74 Å². The Balaban J connectivity index is 1.20. The first-order chi connectivity index (χ1) is 16.6. The molecule has 3 aromatic rings. The van der Waals surface area contributed by atoms with Gasteiger partial charge in [-0.3, -0.25) is 0 Å². The third-order valence-corrected chi connectivity index (χ3v) is 9.11. The van der Waals surface area contributed by atoms with Crippen LogP contribution < -0.4 is 4.74 Å². The Morgan fingerprint density at radius 2 is 1.76 bits per heavy atom. The minimum atomic E-state index is 0.656. The SMILES string of the molecule is CCc1c(-c2ccnc(OC)c2)[nH]c2ccc(C3CCN([C@H]4C[C@H]5CC[C@@H](C4)N5C)CC3)cc12. The van der Waals surface area contributed by atoms with Crippen molar-refractivity contribution >= 4 is 10.9 Å². The Labute approximate surface area is 203 Å². The van der Waals surface area contributed by atoms with Crippen molar-refractivity contribution in [2.75, 3.05) is 27.2 Å². The molecule has 6 rings (SSSR count). The van der Waals surface area contributed by atoms with E-state index in [-0.39, 0.29) is 0 Å². The van der Waals surface area contributed by atoms with E-state index in [1.54, 1.807) is 7.11 Å². The Hall–Kier alpha value is -2.37. The molecule has 3 atom stereocenters. The van der Waals surface area contributed by atoms with Gasteiger partial charge in [-0.2, -0.15) is 0 Å². The second-order valence-electron chi connectivity index (χ2n) is 10.7. The Kier molecular flexibility index (Phi) is 5.86. The summed E-state index contributed by atoms with van der Waals surface area (Å²) in [6.45, 7) is 4.77. The normalized spacial score (nSPS) is 26.4. The molecule has 34 heavy (non-hydrogen) atoms. The monoisotopic (exact) mass is 458 g/mol. The molecule has 1 aromatic carbocycles. The van der Waals surface area contributed by atoms with Crippen LogP contribution in [0.5, 0.6) is 5.88 Å². The van der Waals surface area contributed by atoms with E-state index in [1.165, 1.54) is 79.3 Å². The number of H-pyrrole nitrogens is 1. The Morgan fingerprint density at radius 3 is 2.47 bits per heavy atom. The molecule has 5 heteroatoms. The lowest BCUT2D eigenvalue weighted by atomic mass is 9.86. The largest absolute Gasteiger partial charge is 0.481 e. The molecule has 3 fully saturated rings. The van der Waals surface area contributed by atoms with E-state index in [0.29, 0.717) is 11.8 Å². The molecule has 5 heterocycles. The lowest BCUT2D eigenvalue weighted by Gasteiger charge is -2.44. The first-order valence-corrected chi connectivity index (χ1v) is 13.3. The fraction of sp³-hybridized carbons (Fsp3) is 0.552. The number of benzene rings is 1. The number of nitrogens with zero attached hydrogens (tertiary/aromatic N) is 3. The second-order valence-corrected chi connectivity index (χ2v) is 10.7. The molecular formula is C29H38N4O. The van der Waals surface area contributed by atoms with Crippen molar-refractivity contribution in [3.63, 3.8) is 0 Å². The maximum atomic E-state index is 5.36. The standard InChI is InChI=1S/C29H38N4O/c1-4-25-26-15-20(5-8-27(26)31-29(25)21-9-12-30-28(16-21)34-3)19-10-13-33(14-11-19)24-17-22-6-7-23(18-24)32(22)2/h5,8-9,12,15-16,19,22-24,31H,4,6-7,10-11,13-14,17-18H2,1-3H3/t22-,23+,24+. The third-order valence-electron chi connectivity index (χ3n) is 9.11. The molecule has 0 radical (unpaired) electrons. The zero-order valence-corrected chi connectivity index (χ0v) is 20.9. The molecule has 0 amide bonds. The maximum Gasteiger partial charge on any atom is 0.213 e. The first kappa shape index (κ1) is 22.1. The van der Waals surface area contributed by atoms with Gasteiger partial charge < -0.3 is 19.5 Å². The van der Waals surface area contributed by atoms with Crippen molar-refractivity contribution in [2.45, 2.75) is 75.9 Å². The van der Waals surface area contributed by atoms with Crippen LogP contribution in [0.4, 0.5) is 0 Å². The van der Waals surface area contributed by atoms with E-state index >= 15 is 0 Å². The van der Waals surface area contributed by atoms with Gasteiger partial charge >= 0.3 is 0 Å². The van der Waals surface area contributed by atoms with Gasteiger partial charge in [0.25, 0.3) is 0 Å². The number of aromatic amines is 1. The third kappa shape index (κ3) is 3.83. The molecule has 2 aromatic heterocycles. The number of nitrogens with one attached hydrogen (secondary N) is 1. The molecule has 180 valence electrons. The van der Waals surface area contributed by atoms with Crippen molar-refractivity contribution in [2.24, 2.45) is 0 Å². The topological polar surface area (TPSA) is 44.4 Å². The molecule has 3 aliphatic rings. The number of fused-ring (bicyclic) bond motifs is 3. The second kappa shape index (κ2) is 9.01. The number of ether oxygens (including phenoxy) is 1. The van der Waals surface area contributed by atoms with Crippen LogP contribution in [0.3, 0.4) is 0 Å². The van der Waals surface area contributed by atoms with Gasteiger partial charge in [-0.1, -0.05) is 13.0 Å². The number of pyridine rings is 1. The van der Waals surface area contributed by atoms with Crippen LogP contribution in [0.2, 0.25) is 0 Å². The summed E-state index contributed by atoms with van der Waals surface area (Å²) < 4.78 is 5.36. The fourth-order valence-corrected chi connectivity index (χ4v) is 7.09. The molecule has 1 N–H and O–H groups in total. The Bertz CT molecular complexity index is 1150. The average molecular weight is 459 g/mol. The lowest BCUT2D eigenvalue weighted by Crippen LogP contribution is -2.50. The summed E-state index contributed by atoms with van der Waals surface area (Å²) >= 11 is 0. The number of rotatable bonds is 5. The Morgan fingerprint density at radius 1 is 1.00 bits per heavy atom. The van der Waals surface area contributed by atoms with Gasteiger partial charge in [0.15, 0.2) is 0 Å². The molecule has 3 aliphatic heterocycles.